The molecule has 0 saturated heterocycles. The molecule has 0 aliphatic rings. The van der Waals surface area contributed by atoms with E-state index >= 15 is 0 Å². The summed E-state index contributed by atoms with van der Waals surface area (Å²) in [5.41, 5.74) is 0.124. The third-order valence-corrected chi connectivity index (χ3v) is 1.32. The Morgan fingerprint density at radius 1 is 1.89 bits per heavy atom. The number of imidazole rings is 1. The zero-order chi connectivity index (χ0) is 6.85. The minimum atomic E-state index is -0.981. The van der Waals surface area contributed by atoms with Crippen molar-refractivity contribution in [1.29, 1.82) is 0 Å². The first-order valence-corrected chi connectivity index (χ1v) is 3.22. The van der Waals surface area contributed by atoms with E-state index in [2.05, 4.69) is 9.97 Å². The topological polar surface area (TPSA) is 66.0 Å². The van der Waals surface area contributed by atoms with Crippen molar-refractivity contribution in [3.05, 3.63) is 15.7 Å². The number of carboxylic acids is 1. The Morgan fingerprint density at radius 2 is 2.56 bits per heavy atom. The Bertz CT molecular complexity index is 232. The van der Waals surface area contributed by atoms with Crippen LogP contribution < -0.4 is 0 Å². The van der Waals surface area contributed by atoms with Crippen molar-refractivity contribution in [2.24, 2.45) is 0 Å². The number of halogens is 1. The van der Waals surface area contributed by atoms with Crippen LogP contribution in [-0.4, -0.2) is 21.0 Å². The monoisotopic (exact) mass is 238 g/mol. The molecule has 0 aliphatic heterocycles. The number of aromatic carboxylic acids is 1. The molecule has 9 heavy (non-hydrogen) atoms. The highest BCUT2D eigenvalue weighted by Gasteiger charge is 2.03. The summed E-state index contributed by atoms with van der Waals surface area (Å²) < 4.78 is 0.588. The molecule has 1 aromatic rings. The average molecular weight is 238 g/mol. The van der Waals surface area contributed by atoms with E-state index in [1.165, 1.54) is 6.20 Å². The van der Waals surface area contributed by atoms with Gasteiger partial charge >= 0.3 is 5.97 Å². The summed E-state index contributed by atoms with van der Waals surface area (Å²) in [7, 11) is 0. The van der Waals surface area contributed by atoms with E-state index in [1.54, 1.807) is 0 Å². The summed E-state index contributed by atoms with van der Waals surface area (Å²) in [5.74, 6) is -0.981. The second kappa shape index (κ2) is 2.34. The van der Waals surface area contributed by atoms with Crippen LogP contribution in [0.1, 0.15) is 10.5 Å². The summed E-state index contributed by atoms with van der Waals surface area (Å²) in [6, 6.07) is 0. The maximum Gasteiger partial charge on any atom is 0.353 e. The van der Waals surface area contributed by atoms with Crippen LogP contribution in [0.2, 0.25) is 0 Å². The number of hydrogen-bond acceptors (Lipinski definition) is 2. The van der Waals surface area contributed by atoms with Gasteiger partial charge in [-0.2, -0.15) is 0 Å². The maximum absolute atomic E-state index is 10.1. The summed E-state index contributed by atoms with van der Waals surface area (Å²) in [6.07, 6.45) is 1.28. The summed E-state index contributed by atoms with van der Waals surface area (Å²) in [6.45, 7) is 0. The third-order valence-electron chi connectivity index (χ3n) is 0.775. The molecule has 4 nitrogen and oxygen atoms in total. The van der Waals surface area contributed by atoms with E-state index in [9.17, 15) is 4.79 Å². The smallest absolute Gasteiger partial charge is 0.353 e. The fraction of sp³-hybridized carbons (Fsp3) is 0. The number of carboxylic acid groups (broad SMARTS) is 1. The zero-order valence-corrected chi connectivity index (χ0v) is 6.42. The van der Waals surface area contributed by atoms with Crippen molar-refractivity contribution < 1.29 is 9.90 Å². The second-order valence-electron chi connectivity index (χ2n) is 1.39. The summed E-state index contributed by atoms with van der Waals surface area (Å²) in [5, 5.41) is 8.32. The maximum atomic E-state index is 10.1. The van der Waals surface area contributed by atoms with Crippen LogP contribution in [0, 0.1) is 3.83 Å². The highest BCUT2D eigenvalue weighted by molar-refractivity contribution is 14.1. The van der Waals surface area contributed by atoms with Gasteiger partial charge in [-0.3, -0.25) is 0 Å². The molecule has 0 amide bonds. The average Bonchev–Trinajstić information content (AvgIpc) is 2.14. The van der Waals surface area contributed by atoms with Gasteiger partial charge in [0, 0.05) is 0 Å². The van der Waals surface area contributed by atoms with Crippen LogP contribution in [0.3, 0.4) is 0 Å². The Labute approximate surface area is 64.4 Å². The van der Waals surface area contributed by atoms with Crippen molar-refractivity contribution in [2.45, 2.75) is 0 Å². The lowest BCUT2D eigenvalue weighted by atomic mass is 10.5. The van der Waals surface area contributed by atoms with E-state index in [1.807, 2.05) is 22.6 Å². The lowest BCUT2D eigenvalue weighted by molar-refractivity contribution is 0.0691. The van der Waals surface area contributed by atoms with Crippen LogP contribution in [0.25, 0.3) is 0 Å². The molecule has 0 aliphatic carbocycles. The van der Waals surface area contributed by atoms with Crippen LogP contribution >= 0.6 is 22.6 Å². The first-order valence-electron chi connectivity index (χ1n) is 2.14. The molecule has 48 valence electrons. The first-order chi connectivity index (χ1) is 4.20. The molecule has 0 spiro atoms. The van der Waals surface area contributed by atoms with Gasteiger partial charge in [0.2, 0.25) is 0 Å². The number of hydrogen-bond donors (Lipinski definition) is 2. The molecule has 5 heteroatoms. The van der Waals surface area contributed by atoms with Gasteiger partial charge < -0.3 is 10.1 Å². The van der Waals surface area contributed by atoms with Crippen molar-refractivity contribution in [1.82, 2.24) is 9.97 Å². The highest BCUT2D eigenvalue weighted by Crippen LogP contribution is 1.98. The lowest BCUT2D eigenvalue weighted by Gasteiger charge is -1.80. The molecule has 0 unspecified atom stereocenters. The lowest BCUT2D eigenvalue weighted by Crippen LogP contribution is -1.95. The van der Waals surface area contributed by atoms with E-state index in [4.69, 9.17) is 5.11 Å². The number of aromatic amines is 1. The van der Waals surface area contributed by atoms with E-state index < -0.39 is 5.97 Å². The van der Waals surface area contributed by atoms with Crippen LogP contribution in [0.15, 0.2) is 6.20 Å². The molecule has 0 bridgehead atoms. The van der Waals surface area contributed by atoms with Crippen LogP contribution in [0.5, 0.6) is 0 Å². The van der Waals surface area contributed by atoms with Gasteiger partial charge in [-0.15, -0.1) is 0 Å². The standard InChI is InChI=1S/C4H3IN2O2/c5-4-6-1-2(7-4)3(8)9/h1H,(H,6,7)(H,8,9). The zero-order valence-electron chi connectivity index (χ0n) is 4.26. The quantitative estimate of drug-likeness (QED) is 0.708. The van der Waals surface area contributed by atoms with Gasteiger partial charge in [-0.05, 0) is 22.6 Å². The number of nitrogens with one attached hydrogen (secondary N) is 1. The van der Waals surface area contributed by atoms with Crippen LogP contribution in [0.4, 0.5) is 0 Å². The third kappa shape index (κ3) is 1.41. The molecule has 1 heterocycles. The van der Waals surface area contributed by atoms with Gasteiger partial charge in [-0.25, -0.2) is 9.78 Å². The summed E-state index contributed by atoms with van der Waals surface area (Å²) >= 11 is 1.90. The minimum absolute atomic E-state index is 0.124. The molecular formula is C4H3IN2O2. The fourth-order valence-electron chi connectivity index (χ4n) is 0.406. The number of carbonyl (C=O) groups is 1. The Balaban J connectivity index is 2.98. The summed E-state index contributed by atoms with van der Waals surface area (Å²) in [4.78, 5) is 16.4. The van der Waals surface area contributed by atoms with E-state index in [0.717, 1.165) is 0 Å². The Morgan fingerprint density at radius 3 is 2.78 bits per heavy atom. The van der Waals surface area contributed by atoms with Crippen molar-refractivity contribution in [3.8, 4) is 0 Å². The van der Waals surface area contributed by atoms with E-state index in [0.29, 0.717) is 3.83 Å². The molecule has 0 radical (unpaired) electrons. The van der Waals surface area contributed by atoms with Gasteiger partial charge in [0.15, 0.2) is 3.83 Å². The predicted molar refractivity (Wildman–Crippen MR) is 38.3 cm³/mol. The second-order valence-corrected chi connectivity index (χ2v) is 2.41. The molecule has 1 aromatic heterocycles. The molecule has 0 saturated carbocycles. The largest absolute Gasteiger partial charge is 0.477 e. The normalized spacial score (nSPS) is 9.44. The highest BCUT2D eigenvalue weighted by atomic mass is 127. The van der Waals surface area contributed by atoms with Crippen LogP contribution in [-0.2, 0) is 0 Å². The molecule has 1 rings (SSSR count). The molecule has 0 atom stereocenters. The number of rotatable bonds is 1. The molecule has 2 N–H and O–H groups in total. The number of aromatic nitrogens is 2. The SMILES string of the molecule is O=C(O)c1cnc(I)[nH]1. The van der Waals surface area contributed by atoms with Gasteiger partial charge in [0.05, 0.1) is 6.20 Å². The van der Waals surface area contributed by atoms with E-state index in [-0.39, 0.29) is 5.69 Å². The number of nitrogens with zero attached hydrogens (tertiary/aromatic N) is 1. The minimum Gasteiger partial charge on any atom is -0.477 e. The van der Waals surface area contributed by atoms with Crippen molar-refractivity contribution in [3.63, 3.8) is 0 Å². The predicted octanol–water partition coefficient (Wildman–Crippen LogP) is 0.712. The number of H-pyrrole nitrogens is 1. The molecular weight excluding hydrogens is 235 g/mol. The Kier molecular flexibility index (Phi) is 1.70. The van der Waals surface area contributed by atoms with Crippen molar-refractivity contribution >= 4 is 28.6 Å². The van der Waals surface area contributed by atoms with Gasteiger partial charge in [0.1, 0.15) is 5.69 Å². The molecule has 0 fully saturated rings. The fourth-order valence-corrected chi connectivity index (χ4v) is 0.835. The van der Waals surface area contributed by atoms with Gasteiger partial charge in [0.25, 0.3) is 0 Å². The van der Waals surface area contributed by atoms with Crippen molar-refractivity contribution in [2.75, 3.05) is 0 Å². The van der Waals surface area contributed by atoms with Gasteiger partial charge in [-0.1, -0.05) is 0 Å². The molecule has 0 aromatic carbocycles. The first kappa shape index (κ1) is 6.53. The Hall–Kier alpha value is -0.590.